The second-order valence-corrected chi connectivity index (χ2v) is 5.05. The van der Waals surface area contributed by atoms with Crippen molar-refractivity contribution in [2.24, 2.45) is 0 Å². The van der Waals surface area contributed by atoms with Crippen molar-refractivity contribution in [1.29, 1.82) is 0 Å². The van der Waals surface area contributed by atoms with E-state index < -0.39 is 0 Å². The van der Waals surface area contributed by atoms with Crippen LogP contribution in [0.5, 0.6) is 5.75 Å². The van der Waals surface area contributed by atoms with E-state index in [0.717, 1.165) is 5.56 Å². The zero-order valence-corrected chi connectivity index (χ0v) is 13.1. The number of ether oxygens (including phenoxy) is 3. The number of rotatable bonds is 11. The fourth-order valence-corrected chi connectivity index (χ4v) is 1.70. The number of hydrogen-bond donors (Lipinski definition) is 1. The third kappa shape index (κ3) is 7.90. The molecule has 0 aliphatic carbocycles. The SMILES string of the molecule is CC(C)NCC(COc1ccc(COCCl)cc1)OC=O. The Morgan fingerprint density at radius 3 is 2.57 bits per heavy atom. The van der Waals surface area contributed by atoms with E-state index in [1.165, 1.54) is 0 Å². The zero-order valence-electron chi connectivity index (χ0n) is 12.4. The lowest BCUT2D eigenvalue weighted by atomic mass is 10.2. The molecule has 0 amide bonds. The summed E-state index contributed by atoms with van der Waals surface area (Å²) in [6.45, 7) is 5.83. The van der Waals surface area contributed by atoms with Crippen LogP contribution in [-0.2, 0) is 20.9 Å². The highest BCUT2D eigenvalue weighted by atomic mass is 35.5. The first-order valence-electron chi connectivity index (χ1n) is 6.83. The summed E-state index contributed by atoms with van der Waals surface area (Å²) in [5.41, 5.74) is 1.02. The minimum atomic E-state index is -0.316. The van der Waals surface area contributed by atoms with Crippen LogP contribution in [0.2, 0.25) is 0 Å². The molecule has 1 unspecified atom stereocenters. The highest BCUT2D eigenvalue weighted by molar-refractivity contribution is 6.17. The fourth-order valence-electron chi connectivity index (χ4n) is 1.62. The molecule has 0 spiro atoms. The number of hydrogen-bond acceptors (Lipinski definition) is 5. The van der Waals surface area contributed by atoms with Crippen molar-refractivity contribution in [2.45, 2.75) is 32.6 Å². The maximum absolute atomic E-state index is 10.5. The van der Waals surface area contributed by atoms with Gasteiger partial charge >= 0.3 is 0 Å². The Balaban J connectivity index is 2.41. The molecule has 21 heavy (non-hydrogen) atoms. The topological polar surface area (TPSA) is 56.8 Å². The van der Waals surface area contributed by atoms with Crippen LogP contribution in [0.1, 0.15) is 19.4 Å². The second kappa shape index (κ2) is 10.4. The van der Waals surface area contributed by atoms with E-state index in [4.69, 9.17) is 25.8 Å². The van der Waals surface area contributed by atoms with Crippen LogP contribution < -0.4 is 10.1 Å². The molecule has 0 heterocycles. The Hall–Kier alpha value is -1.30. The Bertz CT molecular complexity index is 397. The number of alkyl halides is 1. The van der Waals surface area contributed by atoms with Gasteiger partial charge in [-0.1, -0.05) is 37.6 Å². The first-order chi connectivity index (χ1) is 10.2. The maximum Gasteiger partial charge on any atom is 0.293 e. The van der Waals surface area contributed by atoms with E-state index in [-0.39, 0.29) is 12.2 Å². The number of carbonyl (C=O) groups is 1. The highest BCUT2D eigenvalue weighted by Gasteiger charge is 2.11. The second-order valence-electron chi connectivity index (χ2n) is 4.83. The standard InChI is InChI=1S/C15H22ClNO4/c1-12(2)17-7-15(21-11-18)9-20-14-5-3-13(4-6-14)8-19-10-16/h3-6,11-12,15,17H,7-10H2,1-2H3. The molecule has 0 saturated heterocycles. The first-order valence-corrected chi connectivity index (χ1v) is 7.37. The third-order valence-corrected chi connectivity index (χ3v) is 2.86. The van der Waals surface area contributed by atoms with E-state index in [1.54, 1.807) is 0 Å². The van der Waals surface area contributed by atoms with Crippen molar-refractivity contribution in [3.8, 4) is 5.75 Å². The summed E-state index contributed by atoms with van der Waals surface area (Å²) in [7, 11) is 0. The molecule has 0 bridgehead atoms. The van der Waals surface area contributed by atoms with Crippen LogP contribution in [0.15, 0.2) is 24.3 Å². The lowest BCUT2D eigenvalue weighted by Crippen LogP contribution is -2.36. The fraction of sp³-hybridized carbons (Fsp3) is 0.533. The summed E-state index contributed by atoms with van der Waals surface area (Å²) < 4.78 is 15.7. The van der Waals surface area contributed by atoms with Crippen molar-refractivity contribution in [3.05, 3.63) is 29.8 Å². The van der Waals surface area contributed by atoms with Crippen LogP contribution in [0.25, 0.3) is 0 Å². The summed E-state index contributed by atoms with van der Waals surface area (Å²) in [5, 5.41) is 3.21. The zero-order chi connectivity index (χ0) is 15.5. The molecular weight excluding hydrogens is 294 g/mol. The molecule has 0 aliphatic heterocycles. The van der Waals surface area contributed by atoms with Gasteiger partial charge in [0.25, 0.3) is 6.47 Å². The van der Waals surface area contributed by atoms with E-state index in [1.807, 2.05) is 38.1 Å². The Labute approximate surface area is 130 Å². The van der Waals surface area contributed by atoms with Crippen LogP contribution in [-0.4, -0.2) is 37.8 Å². The maximum atomic E-state index is 10.5. The molecule has 0 radical (unpaired) electrons. The Morgan fingerprint density at radius 1 is 1.29 bits per heavy atom. The van der Waals surface area contributed by atoms with Crippen molar-refractivity contribution in [3.63, 3.8) is 0 Å². The number of nitrogens with one attached hydrogen (secondary N) is 1. The third-order valence-electron chi connectivity index (χ3n) is 2.71. The van der Waals surface area contributed by atoms with Crippen LogP contribution in [0.3, 0.4) is 0 Å². The monoisotopic (exact) mass is 315 g/mol. The first kappa shape index (κ1) is 17.8. The van der Waals surface area contributed by atoms with E-state index in [2.05, 4.69) is 5.32 Å². The van der Waals surface area contributed by atoms with Gasteiger partial charge in [-0.15, -0.1) is 0 Å². The molecule has 1 aromatic rings. The molecule has 118 valence electrons. The van der Waals surface area contributed by atoms with Gasteiger partial charge in [0.2, 0.25) is 0 Å². The quantitative estimate of drug-likeness (QED) is 0.501. The van der Waals surface area contributed by atoms with Gasteiger partial charge in [-0.2, -0.15) is 0 Å². The molecule has 1 atom stereocenters. The summed E-state index contributed by atoms with van der Waals surface area (Å²) in [5.74, 6) is 0.716. The predicted molar refractivity (Wildman–Crippen MR) is 81.5 cm³/mol. The predicted octanol–water partition coefficient (Wildman–Crippen LogP) is 2.32. The molecule has 0 aliphatic rings. The van der Waals surface area contributed by atoms with Gasteiger partial charge in [0, 0.05) is 12.6 Å². The summed E-state index contributed by atoms with van der Waals surface area (Å²) >= 11 is 5.45. The van der Waals surface area contributed by atoms with Crippen molar-refractivity contribution < 1.29 is 19.0 Å². The van der Waals surface area contributed by atoms with Gasteiger partial charge in [-0.25, -0.2) is 0 Å². The molecule has 0 saturated carbocycles. The normalized spacial score (nSPS) is 12.2. The van der Waals surface area contributed by atoms with Crippen molar-refractivity contribution >= 4 is 18.1 Å². The summed E-state index contributed by atoms with van der Waals surface area (Å²) in [6.07, 6.45) is -0.316. The van der Waals surface area contributed by atoms with Gasteiger partial charge in [-0.3, -0.25) is 4.79 Å². The summed E-state index contributed by atoms with van der Waals surface area (Å²) in [4.78, 5) is 10.5. The lowest BCUT2D eigenvalue weighted by Gasteiger charge is -2.18. The molecule has 1 aromatic carbocycles. The van der Waals surface area contributed by atoms with Gasteiger partial charge in [-0.05, 0) is 17.7 Å². The van der Waals surface area contributed by atoms with Crippen LogP contribution >= 0.6 is 11.6 Å². The van der Waals surface area contributed by atoms with E-state index in [0.29, 0.717) is 38.0 Å². The van der Waals surface area contributed by atoms with Gasteiger partial charge < -0.3 is 19.5 Å². The minimum absolute atomic E-state index is 0.172. The average molecular weight is 316 g/mol. The summed E-state index contributed by atoms with van der Waals surface area (Å²) in [6, 6.07) is 8.00. The number of halogens is 1. The van der Waals surface area contributed by atoms with Crippen LogP contribution in [0, 0.1) is 0 Å². The molecule has 5 nitrogen and oxygen atoms in total. The van der Waals surface area contributed by atoms with Gasteiger partial charge in [0.05, 0.1) is 6.61 Å². The average Bonchev–Trinajstić information content (AvgIpc) is 2.49. The lowest BCUT2D eigenvalue weighted by molar-refractivity contribution is -0.134. The molecule has 6 heteroatoms. The molecule has 1 rings (SSSR count). The molecular formula is C15H22ClNO4. The minimum Gasteiger partial charge on any atom is -0.490 e. The Kier molecular flexibility index (Phi) is 8.82. The highest BCUT2D eigenvalue weighted by Crippen LogP contribution is 2.13. The van der Waals surface area contributed by atoms with Crippen molar-refractivity contribution in [1.82, 2.24) is 5.32 Å². The van der Waals surface area contributed by atoms with E-state index in [9.17, 15) is 4.79 Å². The van der Waals surface area contributed by atoms with Crippen molar-refractivity contribution in [2.75, 3.05) is 19.2 Å². The smallest absolute Gasteiger partial charge is 0.293 e. The largest absolute Gasteiger partial charge is 0.490 e. The molecule has 1 N–H and O–H groups in total. The van der Waals surface area contributed by atoms with Gasteiger partial charge in [0.15, 0.2) is 0 Å². The number of carbonyl (C=O) groups excluding carboxylic acids is 1. The van der Waals surface area contributed by atoms with Crippen LogP contribution in [0.4, 0.5) is 0 Å². The van der Waals surface area contributed by atoms with Gasteiger partial charge in [0.1, 0.15) is 24.5 Å². The number of benzene rings is 1. The molecule has 0 aromatic heterocycles. The Morgan fingerprint density at radius 2 is 2.00 bits per heavy atom. The molecule has 0 fully saturated rings. The van der Waals surface area contributed by atoms with E-state index >= 15 is 0 Å².